The number of carbonyl (C=O) groups is 1. The summed E-state index contributed by atoms with van der Waals surface area (Å²) in [7, 11) is 0. The second kappa shape index (κ2) is 6.37. The molecule has 0 radical (unpaired) electrons. The van der Waals surface area contributed by atoms with Crippen LogP contribution in [0.4, 0.5) is 0 Å². The Bertz CT molecular complexity index is 449. The van der Waals surface area contributed by atoms with Crippen LogP contribution in [-0.2, 0) is 16.1 Å². The summed E-state index contributed by atoms with van der Waals surface area (Å²) in [5.74, 6) is -0.191. The molecule has 2 rings (SSSR count). The first kappa shape index (κ1) is 15.0. The molecule has 4 heteroatoms. The molecule has 20 heavy (non-hydrogen) atoms. The maximum atomic E-state index is 11.7. The first-order valence-corrected chi connectivity index (χ1v) is 7.25. The van der Waals surface area contributed by atoms with Crippen molar-refractivity contribution in [2.75, 3.05) is 13.2 Å². The third-order valence-corrected chi connectivity index (χ3v) is 3.87. The third-order valence-electron chi connectivity index (χ3n) is 3.87. The van der Waals surface area contributed by atoms with Crippen LogP contribution in [0.25, 0.3) is 0 Å². The van der Waals surface area contributed by atoms with E-state index in [1.54, 1.807) is 0 Å². The van der Waals surface area contributed by atoms with E-state index in [9.17, 15) is 4.79 Å². The summed E-state index contributed by atoms with van der Waals surface area (Å²) >= 11 is 0. The standard InChI is InChI=1S/C16H24N2O2/c1-3-20-15(19)10-16(17)9-13(2)18(12-16)11-14-7-5-4-6-8-14/h4-8,13H,3,9-12,17H2,1-2H3. The number of hydrogen-bond donors (Lipinski definition) is 1. The molecule has 4 nitrogen and oxygen atoms in total. The number of hydrogen-bond acceptors (Lipinski definition) is 4. The lowest BCUT2D eigenvalue weighted by Gasteiger charge is -2.24. The summed E-state index contributed by atoms with van der Waals surface area (Å²) in [6.45, 7) is 6.02. The van der Waals surface area contributed by atoms with Crippen molar-refractivity contribution in [3.05, 3.63) is 35.9 Å². The molecule has 1 aliphatic heterocycles. The molecule has 0 aliphatic carbocycles. The van der Waals surface area contributed by atoms with E-state index in [4.69, 9.17) is 10.5 Å². The van der Waals surface area contributed by atoms with Crippen LogP contribution in [0.5, 0.6) is 0 Å². The van der Waals surface area contributed by atoms with E-state index < -0.39 is 5.54 Å². The molecule has 1 heterocycles. The predicted molar refractivity (Wildman–Crippen MR) is 79.1 cm³/mol. The summed E-state index contributed by atoms with van der Waals surface area (Å²) in [5.41, 5.74) is 7.20. The molecule has 1 fully saturated rings. The monoisotopic (exact) mass is 276 g/mol. The van der Waals surface area contributed by atoms with Gasteiger partial charge in [-0.3, -0.25) is 9.69 Å². The molecule has 0 amide bonds. The summed E-state index contributed by atoms with van der Waals surface area (Å²) < 4.78 is 5.02. The first-order valence-electron chi connectivity index (χ1n) is 7.25. The summed E-state index contributed by atoms with van der Waals surface area (Å²) in [6, 6.07) is 10.7. The fraction of sp³-hybridized carbons (Fsp3) is 0.562. The Balaban J connectivity index is 1.95. The lowest BCUT2D eigenvalue weighted by molar-refractivity contribution is -0.144. The molecule has 110 valence electrons. The second-order valence-corrected chi connectivity index (χ2v) is 5.79. The molecule has 1 aromatic rings. The van der Waals surface area contributed by atoms with E-state index in [-0.39, 0.29) is 5.97 Å². The lowest BCUT2D eigenvalue weighted by Crippen LogP contribution is -2.44. The Morgan fingerprint density at radius 2 is 2.15 bits per heavy atom. The highest BCUT2D eigenvalue weighted by molar-refractivity contribution is 5.71. The number of likely N-dealkylation sites (tertiary alicyclic amines) is 1. The van der Waals surface area contributed by atoms with Gasteiger partial charge in [0.05, 0.1) is 13.0 Å². The smallest absolute Gasteiger partial charge is 0.307 e. The zero-order chi connectivity index (χ0) is 14.6. The van der Waals surface area contributed by atoms with Crippen molar-refractivity contribution in [2.45, 2.75) is 44.8 Å². The molecule has 1 saturated heterocycles. The van der Waals surface area contributed by atoms with Crippen LogP contribution in [-0.4, -0.2) is 35.6 Å². The van der Waals surface area contributed by atoms with Crippen LogP contribution in [0.2, 0.25) is 0 Å². The minimum absolute atomic E-state index is 0.191. The van der Waals surface area contributed by atoms with Crippen molar-refractivity contribution < 1.29 is 9.53 Å². The van der Waals surface area contributed by atoms with Gasteiger partial charge in [-0.1, -0.05) is 30.3 Å². The number of ether oxygens (including phenoxy) is 1. The minimum Gasteiger partial charge on any atom is -0.466 e. The molecule has 2 atom stereocenters. The maximum Gasteiger partial charge on any atom is 0.307 e. The average molecular weight is 276 g/mol. The summed E-state index contributed by atoms with van der Waals surface area (Å²) in [4.78, 5) is 14.0. The van der Waals surface area contributed by atoms with Gasteiger partial charge in [0.25, 0.3) is 0 Å². The van der Waals surface area contributed by atoms with Gasteiger partial charge in [-0.05, 0) is 25.8 Å². The Hall–Kier alpha value is -1.39. The lowest BCUT2D eigenvalue weighted by atomic mass is 9.94. The molecule has 2 N–H and O–H groups in total. The molecule has 1 aliphatic rings. The van der Waals surface area contributed by atoms with Crippen LogP contribution in [0, 0.1) is 0 Å². The van der Waals surface area contributed by atoms with Crippen LogP contribution in [0.15, 0.2) is 30.3 Å². The number of esters is 1. The highest BCUT2D eigenvalue weighted by atomic mass is 16.5. The van der Waals surface area contributed by atoms with E-state index >= 15 is 0 Å². The summed E-state index contributed by atoms with van der Waals surface area (Å²) in [5, 5.41) is 0. The summed E-state index contributed by atoms with van der Waals surface area (Å²) in [6.07, 6.45) is 1.13. The zero-order valence-corrected chi connectivity index (χ0v) is 12.3. The predicted octanol–water partition coefficient (Wildman–Crippen LogP) is 1.93. The van der Waals surface area contributed by atoms with Crippen LogP contribution in [0.3, 0.4) is 0 Å². The van der Waals surface area contributed by atoms with Crippen molar-refractivity contribution in [1.29, 1.82) is 0 Å². The Morgan fingerprint density at radius 1 is 1.45 bits per heavy atom. The van der Waals surface area contributed by atoms with Gasteiger partial charge in [0.15, 0.2) is 0 Å². The molecular formula is C16H24N2O2. The van der Waals surface area contributed by atoms with Crippen molar-refractivity contribution in [2.24, 2.45) is 5.73 Å². The second-order valence-electron chi connectivity index (χ2n) is 5.79. The number of rotatable bonds is 5. The molecule has 1 aromatic carbocycles. The highest BCUT2D eigenvalue weighted by Crippen LogP contribution is 2.29. The van der Waals surface area contributed by atoms with Gasteiger partial charge in [0, 0.05) is 24.7 Å². The average Bonchev–Trinajstić information content (AvgIpc) is 2.65. The largest absolute Gasteiger partial charge is 0.466 e. The molecule has 2 unspecified atom stereocenters. The topological polar surface area (TPSA) is 55.6 Å². The third kappa shape index (κ3) is 3.81. The molecular weight excluding hydrogens is 252 g/mol. The minimum atomic E-state index is -0.458. The SMILES string of the molecule is CCOC(=O)CC1(N)CC(C)N(Cc2ccccc2)C1. The van der Waals surface area contributed by atoms with Crippen LogP contribution < -0.4 is 5.73 Å². The van der Waals surface area contributed by atoms with Crippen LogP contribution in [0.1, 0.15) is 32.3 Å². The van der Waals surface area contributed by atoms with Crippen molar-refractivity contribution in [3.63, 3.8) is 0 Å². The van der Waals surface area contributed by atoms with E-state index in [1.807, 2.05) is 25.1 Å². The number of carbonyl (C=O) groups excluding carboxylic acids is 1. The van der Waals surface area contributed by atoms with Gasteiger partial charge in [0.1, 0.15) is 0 Å². The van der Waals surface area contributed by atoms with E-state index in [1.165, 1.54) is 5.56 Å². The normalized spacial score (nSPS) is 26.6. The zero-order valence-electron chi connectivity index (χ0n) is 12.3. The van der Waals surface area contributed by atoms with E-state index in [0.717, 1.165) is 19.5 Å². The Morgan fingerprint density at radius 3 is 2.80 bits per heavy atom. The van der Waals surface area contributed by atoms with Gasteiger partial charge < -0.3 is 10.5 Å². The molecule has 0 saturated carbocycles. The number of nitrogens with two attached hydrogens (primary N) is 1. The first-order chi connectivity index (χ1) is 9.52. The van der Waals surface area contributed by atoms with E-state index in [2.05, 4.69) is 24.0 Å². The molecule has 0 spiro atoms. The number of benzene rings is 1. The quantitative estimate of drug-likeness (QED) is 0.835. The van der Waals surface area contributed by atoms with Crippen molar-refractivity contribution in [3.8, 4) is 0 Å². The molecule has 0 bridgehead atoms. The number of nitrogens with zero attached hydrogens (tertiary/aromatic N) is 1. The van der Waals surface area contributed by atoms with Crippen molar-refractivity contribution >= 4 is 5.97 Å². The highest BCUT2D eigenvalue weighted by Gasteiger charge is 2.40. The Labute approximate surface area is 120 Å². The van der Waals surface area contributed by atoms with E-state index in [0.29, 0.717) is 19.1 Å². The van der Waals surface area contributed by atoms with Gasteiger partial charge >= 0.3 is 5.97 Å². The van der Waals surface area contributed by atoms with Crippen molar-refractivity contribution in [1.82, 2.24) is 4.90 Å². The van der Waals surface area contributed by atoms with Gasteiger partial charge in [-0.25, -0.2) is 0 Å². The Kier molecular flexibility index (Phi) is 4.78. The fourth-order valence-corrected chi connectivity index (χ4v) is 3.00. The molecule has 0 aromatic heterocycles. The van der Waals surface area contributed by atoms with Gasteiger partial charge in [0.2, 0.25) is 0 Å². The van der Waals surface area contributed by atoms with Crippen LogP contribution >= 0.6 is 0 Å². The van der Waals surface area contributed by atoms with Gasteiger partial charge in [-0.2, -0.15) is 0 Å². The van der Waals surface area contributed by atoms with Gasteiger partial charge in [-0.15, -0.1) is 0 Å². The maximum absolute atomic E-state index is 11.7. The fourth-order valence-electron chi connectivity index (χ4n) is 3.00.